The van der Waals surface area contributed by atoms with Crippen LogP contribution in [0.5, 0.6) is 0 Å². The van der Waals surface area contributed by atoms with Crippen LogP contribution in [0.4, 0.5) is 11.4 Å². The van der Waals surface area contributed by atoms with Crippen LogP contribution in [-0.2, 0) is 0 Å². The van der Waals surface area contributed by atoms with Crippen molar-refractivity contribution in [1.29, 1.82) is 0 Å². The first-order valence-corrected chi connectivity index (χ1v) is 9.95. The lowest BCUT2D eigenvalue weighted by atomic mass is 10.1. The summed E-state index contributed by atoms with van der Waals surface area (Å²) < 4.78 is 1.21. The first kappa shape index (κ1) is 21.3. The first-order valence-electron chi connectivity index (χ1n) is 6.40. The Hall–Kier alpha value is -1.01. The second kappa shape index (κ2) is 8.34. The van der Waals surface area contributed by atoms with Gasteiger partial charge in [-0.3, -0.25) is 14.9 Å². The molecule has 0 spiro atoms. The number of nitro benzene ring substituents is 1. The number of halogens is 5. The Morgan fingerprint density at radius 2 is 1.58 bits per heavy atom. The Labute approximate surface area is 184 Å². The maximum absolute atomic E-state index is 12.7. The smallest absolute Gasteiger partial charge is 0.337 e. The van der Waals surface area contributed by atoms with Gasteiger partial charge in [0.05, 0.1) is 26.8 Å². The molecule has 0 aliphatic carbocycles. The Morgan fingerprint density at radius 3 is 2.04 bits per heavy atom. The maximum Gasteiger partial charge on any atom is 0.337 e. The van der Waals surface area contributed by atoms with Gasteiger partial charge in [0.15, 0.2) is 0 Å². The van der Waals surface area contributed by atoms with Crippen LogP contribution < -0.4 is 5.32 Å². The third kappa shape index (κ3) is 4.11. The molecule has 0 unspecified atom stereocenters. The number of carboxylic acids is 1. The Bertz CT molecular complexity index is 967. The Kier molecular flexibility index (Phi) is 6.83. The van der Waals surface area contributed by atoms with Gasteiger partial charge in [-0.1, -0.05) is 11.6 Å². The molecular weight excluding hydrogens is 631 g/mol. The van der Waals surface area contributed by atoms with Crippen molar-refractivity contribution >= 4 is 98.6 Å². The van der Waals surface area contributed by atoms with Crippen molar-refractivity contribution in [3.8, 4) is 0 Å². The SMILES string of the molecule is O=C(O)c1c(Br)c(Br)c(Br)c(Br)c1C(=O)Nc1ccc([N+](=O)[O-])cc1Cl. The van der Waals surface area contributed by atoms with Gasteiger partial charge in [0.1, 0.15) is 0 Å². The topological polar surface area (TPSA) is 110 Å². The van der Waals surface area contributed by atoms with Gasteiger partial charge in [-0.2, -0.15) is 0 Å². The zero-order chi connectivity index (χ0) is 19.8. The molecular formula is C14H5Br4ClN2O5. The van der Waals surface area contributed by atoms with Crippen molar-refractivity contribution in [2.45, 2.75) is 0 Å². The van der Waals surface area contributed by atoms with E-state index in [1.54, 1.807) is 0 Å². The van der Waals surface area contributed by atoms with Gasteiger partial charge in [0, 0.05) is 30.0 Å². The highest BCUT2D eigenvalue weighted by molar-refractivity contribution is 9.15. The van der Waals surface area contributed by atoms with E-state index in [0.717, 1.165) is 6.07 Å². The molecule has 0 atom stereocenters. The van der Waals surface area contributed by atoms with Crippen LogP contribution >= 0.6 is 75.3 Å². The van der Waals surface area contributed by atoms with E-state index in [0.29, 0.717) is 8.95 Å². The number of non-ortho nitro benzene ring substituents is 1. The zero-order valence-electron chi connectivity index (χ0n) is 12.1. The molecule has 2 aromatic carbocycles. The fraction of sp³-hybridized carbons (Fsp3) is 0. The zero-order valence-corrected chi connectivity index (χ0v) is 19.2. The van der Waals surface area contributed by atoms with E-state index < -0.39 is 16.8 Å². The van der Waals surface area contributed by atoms with Crippen molar-refractivity contribution in [3.63, 3.8) is 0 Å². The van der Waals surface area contributed by atoms with E-state index in [4.69, 9.17) is 11.6 Å². The van der Waals surface area contributed by atoms with Gasteiger partial charge in [-0.05, 0) is 69.8 Å². The van der Waals surface area contributed by atoms with E-state index >= 15 is 0 Å². The number of carbonyl (C=O) groups excluding carboxylic acids is 1. The molecule has 2 aromatic rings. The first-order chi connectivity index (χ1) is 12.1. The van der Waals surface area contributed by atoms with Crippen LogP contribution in [0.1, 0.15) is 20.7 Å². The van der Waals surface area contributed by atoms with Gasteiger partial charge >= 0.3 is 5.97 Å². The summed E-state index contributed by atoms with van der Waals surface area (Å²) in [5.41, 5.74) is -0.577. The molecule has 0 radical (unpaired) electrons. The van der Waals surface area contributed by atoms with Gasteiger partial charge in [-0.25, -0.2) is 4.79 Å². The summed E-state index contributed by atoms with van der Waals surface area (Å²) in [6, 6.07) is 3.51. The summed E-state index contributed by atoms with van der Waals surface area (Å²) >= 11 is 18.8. The minimum absolute atomic E-state index is 0.0595. The normalized spacial score (nSPS) is 10.5. The van der Waals surface area contributed by atoms with Crippen molar-refractivity contribution in [2.75, 3.05) is 5.32 Å². The lowest BCUT2D eigenvalue weighted by Crippen LogP contribution is -2.18. The second-order valence-corrected chi connectivity index (χ2v) is 8.27. The summed E-state index contributed by atoms with van der Waals surface area (Å²) in [4.78, 5) is 34.5. The molecule has 1 amide bonds. The predicted molar refractivity (Wildman–Crippen MR) is 110 cm³/mol. The van der Waals surface area contributed by atoms with Crippen LogP contribution in [0, 0.1) is 10.1 Å². The number of aromatic carboxylic acids is 1. The molecule has 0 saturated heterocycles. The second-order valence-electron chi connectivity index (χ2n) is 4.69. The molecule has 136 valence electrons. The Morgan fingerprint density at radius 1 is 1.04 bits per heavy atom. The number of hydrogen-bond acceptors (Lipinski definition) is 4. The number of carbonyl (C=O) groups is 2. The third-order valence-electron chi connectivity index (χ3n) is 3.12. The number of rotatable bonds is 4. The number of benzene rings is 2. The van der Waals surface area contributed by atoms with Crippen molar-refractivity contribution < 1.29 is 19.6 Å². The molecule has 0 fully saturated rings. The molecule has 0 heterocycles. The van der Waals surface area contributed by atoms with E-state index in [2.05, 4.69) is 69.0 Å². The number of nitrogens with one attached hydrogen (secondary N) is 1. The van der Waals surface area contributed by atoms with Crippen molar-refractivity contribution in [2.24, 2.45) is 0 Å². The number of amides is 1. The summed E-state index contributed by atoms with van der Waals surface area (Å²) in [5.74, 6) is -2.09. The molecule has 7 nitrogen and oxygen atoms in total. The van der Waals surface area contributed by atoms with Gasteiger partial charge in [-0.15, -0.1) is 0 Å². The van der Waals surface area contributed by atoms with Gasteiger partial charge < -0.3 is 10.4 Å². The number of nitrogens with zero attached hydrogens (tertiary/aromatic N) is 1. The monoisotopic (exact) mass is 632 g/mol. The van der Waals surface area contributed by atoms with Gasteiger partial charge in [0.2, 0.25) is 0 Å². The standard InChI is InChI=1S/C14H5Br4ClN2O5/c15-9-7(8(14(23)24)10(16)12(18)11(9)17)13(22)20-6-2-1-4(21(25)26)3-5(6)19/h1-3H,(H,20,22)(H,23,24). The van der Waals surface area contributed by atoms with Crippen LogP contribution in [-0.4, -0.2) is 21.9 Å². The molecule has 26 heavy (non-hydrogen) atoms. The fourth-order valence-electron chi connectivity index (χ4n) is 1.95. The molecule has 0 bridgehead atoms. The third-order valence-corrected chi connectivity index (χ3v) is 8.20. The number of nitro groups is 1. The van der Waals surface area contributed by atoms with Gasteiger partial charge in [0.25, 0.3) is 11.6 Å². The van der Waals surface area contributed by atoms with E-state index in [1.165, 1.54) is 12.1 Å². The fourth-order valence-corrected chi connectivity index (χ4v) is 4.64. The molecule has 2 rings (SSSR count). The molecule has 0 saturated carbocycles. The molecule has 0 aromatic heterocycles. The molecule has 0 aliphatic heterocycles. The number of carboxylic acid groups (broad SMARTS) is 1. The summed E-state index contributed by atoms with van der Waals surface area (Å²) in [6.07, 6.45) is 0. The van der Waals surface area contributed by atoms with E-state index in [9.17, 15) is 24.8 Å². The Balaban J connectivity index is 2.54. The maximum atomic E-state index is 12.7. The largest absolute Gasteiger partial charge is 0.478 e. The number of anilines is 1. The summed E-state index contributed by atoms with van der Waals surface area (Å²) in [5, 5.41) is 22.6. The summed E-state index contributed by atoms with van der Waals surface area (Å²) in [6.45, 7) is 0. The quantitative estimate of drug-likeness (QED) is 0.179. The predicted octanol–water partition coefficient (Wildman–Crippen LogP) is 6.25. The molecule has 12 heteroatoms. The lowest BCUT2D eigenvalue weighted by molar-refractivity contribution is -0.384. The van der Waals surface area contributed by atoms with E-state index in [-0.39, 0.29) is 36.5 Å². The van der Waals surface area contributed by atoms with E-state index in [1.807, 2.05) is 0 Å². The van der Waals surface area contributed by atoms with Crippen LogP contribution in [0.3, 0.4) is 0 Å². The molecule has 2 N–H and O–H groups in total. The van der Waals surface area contributed by atoms with Crippen LogP contribution in [0.15, 0.2) is 36.1 Å². The average Bonchev–Trinajstić information content (AvgIpc) is 2.57. The average molecular weight is 636 g/mol. The van der Waals surface area contributed by atoms with Crippen molar-refractivity contribution in [1.82, 2.24) is 0 Å². The number of hydrogen-bond donors (Lipinski definition) is 2. The highest BCUT2D eigenvalue weighted by Gasteiger charge is 2.28. The summed E-state index contributed by atoms with van der Waals surface area (Å²) in [7, 11) is 0. The van der Waals surface area contributed by atoms with Crippen molar-refractivity contribution in [3.05, 3.63) is 62.4 Å². The molecule has 0 aliphatic rings. The highest BCUT2D eigenvalue weighted by atomic mass is 79.9. The van der Waals surface area contributed by atoms with Crippen LogP contribution in [0.2, 0.25) is 5.02 Å². The highest BCUT2D eigenvalue weighted by Crippen LogP contribution is 2.42. The minimum Gasteiger partial charge on any atom is -0.478 e. The minimum atomic E-state index is -1.33. The lowest BCUT2D eigenvalue weighted by Gasteiger charge is -2.15. The van der Waals surface area contributed by atoms with Crippen LogP contribution in [0.25, 0.3) is 0 Å².